The summed E-state index contributed by atoms with van der Waals surface area (Å²) in [5.74, 6) is 0.673. The number of nitrogens with one attached hydrogen (secondary N) is 1. The van der Waals surface area contributed by atoms with Gasteiger partial charge in [-0.2, -0.15) is 5.10 Å². The van der Waals surface area contributed by atoms with Gasteiger partial charge in [-0.15, -0.1) is 0 Å². The van der Waals surface area contributed by atoms with E-state index in [0.717, 1.165) is 13.0 Å². The van der Waals surface area contributed by atoms with Crippen molar-refractivity contribution in [1.29, 1.82) is 0 Å². The Bertz CT molecular complexity index is 547. The Morgan fingerprint density at radius 2 is 1.95 bits per heavy atom. The lowest BCUT2D eigenvalue weighted by Gasteiger charge is -2.33. The average Bonchev–Trinajstić information content (AvgIpc) is 2.94. The summed E-state index contributed by atoms with van der Waals surface area (Å²) in [6, 6.07) is 13.7. The maximum absolute atomic E-state index is 4.23. The van der Waals surface area contributed by atoms with E-state index in [9.17, 15) is 0 Å². The topological polar surface area (TPSA) is 29.9 Å². The Kier molecular flexibility index (Phi) is 4.71. The van der Waals surface area contributed by atoms with Crippen LogP contribution in [-0.4, -0.2) is 22.4 Å². The van der Waals surface area contributed by atoms with E-state index < -0.39 is 0 Å². The number of rotatable bonds is 5. The van der Waals surface area contributed by atoms with Gasteiger partial charge in [-0.1, -0.05) is 43.2 Å². The molecule has 3 nitrogen and oxygen atoms in total. The molecule has 2 atom stereocenters. The maximum Gasteiger partial charge on any atom is 0.0492 e. The number of aromatic nitrogens is 2. The van der Waals surface area contributed by atoms with Gasteiger partial charge in [-0.05, 0) is 30.4 Å². The molecule has 3 heteroatoms. The molecule has 0 radical (unpaired) electrons. The first kappa shape index (κ1) is 14.3. The second-order valence-electron chi connectivity index (χ2n) is 6.06. The van der Waals surface area contributed by atoms with Gasteiger partial charge in [0.25, 0.3) is 0 Å². The van der Waals surface area contributed by atoms with Gasteiger partial charge in [0.15, 0.2) is 0 Å². The van der Waals surface area contributed by atoms with E-state index in [2.05, 4.69) is 46.8 Å². The van der Waals surface area contributed by atoms with Gasteiger partial charge in [0, 0.05) is 37.9 Å². The highest BCUT2D eigenvalue weighted by molar-refractivity contribution is 5.22. The molecule has 1 N–H and O–H groups in total. The molecule has 1 heterocycles. The molecule has 112 valence electrons. The predicted octanol–water partition coefficient (Wildman–Crippen LogP) is 3.28. The van der Waals surface area contributed by atoms with Gasteiger partial charge in [-0.25, -0.2) is 0 Å². The lowest BCUT2D eigenvalue weighted by atomic mass is 9.80. The normalized spacial score (nSPS) is 22.3. The molecule has 0 saturated heterocycles. The maximum atomic E-state index is 4.23. The van der Waals surface area contributed by atoms with Crippen molar-refractivity contribution >= 4 is 0 Å². The van der Waals surface area contributed by atoms with Crippen molar-refractivity contribution in [2.75, 3.05) is 6.54 Å². The van der Waals surface area contributed by atoms with Crippen molar-refractivity contribution in [2.24, 2.45) is 7.05 Å². The average molecular weight is 283 g/mol. The van der Waals surface area contributed by atoms with Crippen LogP contribution in [0.3, 0.4) is 0 Å². The first-order valence-corrected chi connectivity index (χ1v) is 8.10. The van der Waals surface area contributed by atoms with Gasteiger partial charge in [-0.3, -0.25) is 4.68 Å². The summed E-state index contributed by atoms with van der Waals surface area (Å²) in [6.45, 7) is 1.04. The van der Waals surface area contributed by atoms with E-state index in [1.165, 1.54) is 36.9 Å². The molecule has 0 amide bonds. The van der Waals surface area contributed by atoms with Crippen LogP contribution in [0.2, 0.25) is 0 Å². The molecule has 21 heavy (non-hydrogen) atoms. The van der Waals surface area contributed by atoms with Crippen LogP contribution in [0.5, 0.6) is 0 Å². The zero-order valence-electron chi connectivity index (χ0n) is 12.8. The Balaban J connectivity index is 1.59. The fourth-order valence-corrected chi connectivity index (χ4v) is 3.51. The van der Waals surface area contributed by atoms with Crippen LogP contribution < -0.4 is 5.32 Å². The highest BCUT2D eigenvalue weighted by Crippen LogP contribution is 2.32. The third-order valence-electron chi connectivity index (χ3n) is 4.70. The summed E-state index contributed by atoms with van der Waals surface area (Å²) in [4.78, 5) is 0. The Labute approximate surface area is 127 Å². The van der Waals surface area contributed by atoms with E-state index in [4.69, 9.17) is 0 Å². The van der Waals surface area contributed by atoms with E-state index in [0.29, 0.717) is 12.0 Å². The second kappa shape index (κ2) is 6.90. The first-order chi connectivity index (χ1) is 10.3. The van der Waals surface area contributed by atoms with Crippen LogP contribution in [-0.2, 0) is 13.5 Å². The third kappa shape index (κ3) is 3.53. The summed E-state index contributed by atoms with van der Waals surface area (Å²) in [5.41, 5.74) is 2.80. The summed E-state index contributed by atoms with van der Waals surface area (Å²) >= 11 is 0. The Morgan fingerprint density at radius 3 is 2.71 bits per heavy atom. The van der Waals surface area contributed by atoms with E-state index in [1.54, 1.807) is 0 Å². The lowest BCUT2D eigenvalue weighted by molar-refractivity contribution is 0.328. The van der Waals surface area contributed by atoms with Gasteiger partial charge in [0.05, 0.1) is 0 Å². The summed E-state index contributed by atoms with van der Waals surface area (Å²) in [6.07, 6.45) is 8.25. The molecule has 1 fully saturated rings. The molecule has 2 unspecified atom stereocenters. The van der Waals surface area contributed by atoms with Crippen molar-refractivity contribution in [3.05, 3.63) is 53.9 Å². The van der Waals surface area contributed by atoms with Crippen LogP contribution in [0.4, 0.5) is 0 Å². The molecule has 3 rings (SSSR count). The van der Waals surface area contributed by atoms with E-state index in [1.807, 2.05) is 17.9 Å². The van der Waals surface area contributed by atoms with Crippen molar-refractivity contribution in [3.8, 4) is 0 Å². The molecule has 0 bridgehead atoms. The number of nitrogens with zero attached hydrogens (tertiary/aromatic N) is 2. The lowest BCUT2D eigenvalue weighted by Crippen LogP contribution is -2.38. The molecule has 1 aromatic carbocycles. The standard InChI is InChI=1S/C18H25N3/c1-21-16(12-14-20-21)11-13-19-18-10-6-5-9-17(18)15-7-3-2-4-8-15/h2-4,7-8,12,14,17-19H,5-6,9-11,13H2,1H3. The summed E-state index contributed by atoms with van der Waals surface area (Å²) in [7, 11) is 2.02. The van der Waals surface area contributed by atoms with E-state index in [-0.39, 0.29) is 0 Å². The fraction of sp³-hybridized carbons (Fsp3) is 0.500. The molecule has 2 aromatic rings. The van der Waals surface area contributed by atoms with Crippen LogP contribution in [0.25, 0.3) is 0 Å². The van der Waals surface area contributed by atoms with Crippen molar-refractivity contribution in [3.63, 3.8) is 0 Å². The quantitative estimate of drug-likeness (QED) is 0.912. The van der Waals surface area contributed by atoms with Crippen LogP contribution in [0, 0.1) is 0 Å². The van der Waals surface area contributed by atoms with Gasteiger partial charge < -0.3 is 5.32 Å². The van der Waals surface area contributed by atoms with Crippen molar-refractivity contribution in [2.45, 2.75) is 44.1 Å². The molecule has 0 aliphatic heterocycles. The smallest absolute Gasteiger partial charge is 0.0492 e. The van der Waals surface area contributed by atoms with Gasteiger partial charge in [0.1, 0.15) is 0 Å². The van der Waals surface area contributed by atoms with Crippen LogP contribution >= 0.6 is 0 Å². The van der Waals surface area contributed by atoms with Crippen molar-refractivity contribution < 1.29 is 0 Å². The van der Waals surface area contributed by atoms with Crippen LogP contribution in [0.1, 0.15) is 42.9 Å². The number of hydrogen-bond acceptors (Lipinski definition) is 2. The van der Waals surface area contributed by atoms with Gasteiger partial charge >= 0.3 is 0 Å². The minimum atomic E-state index is 0.620. The highest BCUT2D eigenvalue weighted by Gasteiger charge is 2.25. The molecular weight excluding hydrogens is 258 g/mol. The summed E-state index contributed by atoms with van der Waals surface area (Å²) in [5, 5.41) is 8.03. The molecule has 1 aromatic heterocycles. The Hall–Kier alpha value is -1.61. The largest absolute Gasteiger partial charge is 0.313 e. The minimum Gasteiger partial charge on any atom is -0.313 e. The molecule has 1 saturated carbocycles. The number of aryl methyl sites for hydroxylation is 1. The van der Waals surface area contributed by atoms with Crippen molar-refractivity contribution in [1.82, 2.24) is 15.1 Å². The molecule has 1 aliphatic rings. The summed E-state index contributed by atoms with van der Waals surface area (Å²) < 4.78 is 1.97. The van der Waals surface area contributed by atoms with E-state index >= 15 is 0 Å². The third-order valence-corrected chi connectivity index (χ3v) is 4.70. The SMILES string of the molecule is Cn1nccc1CCNC1CCCCC1c1ccccc1. The first-order valence-electron chi connectivity index (χ1n) is 8.10. The zero-order valence-corrected chi connectivity index (χ0v) is 12.8. The second-order valence-corrected chi connectivity index (χ2v) is 6.06. The van der Waals surface area contributed by atoms with Crippen LogP contribution in [0.15, 0.2) is 42.6 Å². The zero-order chi connectivity index (χ0) is 14.5. The molecule has 0 spiro atoms. The number of benzene rings is 1. The number of hydrogen-bond donors (Lipinski definition) is 1. The highest BCUT2D eigenvalue weighted by atomic mass is 15.3. The fourth-order valence-electron chi connectivity index (χ4n) is 3.51. The molecular formula is C18H25N3. The monoisotopic (exact) mass is 283 g/mol. The minimum absolute atomic E-state index is 0.620. The predicted molar refractivity (Wildman–Crippen MR) is 86.4 cm³/mol. The Morgan fingerprint density at radius 1 is 1.14 bits per heavy atom. The molecule has 1 aliphatic carbocycles. The van der Waals surface area contributed by atoms with Gasteiger partial charge in [0.2, 0.25) is 0 Å².